The largest absolute Gasteiger partial charge is 0.309 e. The van der Waals surface area contributed by atoms with E-state index in [2.05, 4.69) is 196 Å². The van der Waals surface area contributed by atoms with Gasteiger partial charge in [-0.2, -0.15) is 0 Å². The van der Waals surface area contributed by atoms with Crippen LogP contribution in [0.3, 0.4) is 0 Å². The SMILES string of the molecule is c1ccc(-c2nc(N(c3ccccc3)c3ccccc3)cc(-n3c4ccccc4c4cc(-c5ccc6c(c5)c5ccccc5n6-c5ccccc5)ccc43)n2)cc1. The summed E-state index contributed by atoms with van der Waals surface area (Å²) >= 11 is 0. The lowest BCUT2D eigenvalue weighted by Crippen LogP contribution is -2.13. The molecule has 3 heterocycles. The molecular weight excluding hydrogens is 695 g/mol. The third-order valence-corrected chi connectivity index (χ3v) is 10.9. The van der Waals surface area contributed by atoms with Gasteiger partial charge in [0, 0.05) is 50.2 Å². The molecule has 0 radical (unpaired) electrons. The Hall–Kier alpha value is -7.76. The summed E-state index contributed by atoms with van der Waals surface area (Å²) in [5.74, 6) is 2.23. The first-order valence-electron chi connectivity index (χ1n) is 19.3. The molecule has 0 N–H and O–H groups in total. The van der Waals surface area contributed by atoms with Crippen molar-refractivity contribution in [2.45, 2.75) is 0 Å². The predicted octanol–water partition coefficient (Wildman–Crippen LogP) is 13.5. The number of benzene rings is 8. The molecular formula is C52H35N5. The van der Waals surface area contributed by atoms with E-state index in [0.29, 0.717) is 5.82 Å². The second kappa shape index (κ2) is 13.5. The van der Waals surface area contributed by atoms with Crippen LogP contribution in [-0.4, -0.2) is 19.1 Å². The number of aromatic nitrogens is 4. The highest BCUT2D eigenvalue weighted by molar-refractivity contribution is 6.12. The second-order valence-electron chi connectivity index (χ2n) is 14.3. The zero-order valence-corrected chi connectivity index (χ0v) is 30.9. The van der Waals surface area contributed by atoms with Crippen LogP contribution in [0.15, 0.2) is 212 Å². The number of nitrogens with zero attached hydrogens (tertiary/aromatic N) is 5. The van der Waals surface area contributed by atoms with Gasteiger partial charge in [-0.05, 0) is 83.9 Å². The van der Waals surface area contributed by atoms with Crippen molar-refractivity contribution >= 4 is 60.8 Å². The summed E-state index contributed by atoms with van der Waals surface area (Å²) in [6.07, 6.45) is 0. The first kappa shape index (κ1) is 32.7. The normalized spacial score (nSPS) is 11.5. The summed E-state index contributed by atoms with van der Waals surface area (Å²) in [6.45, 7) is 0. The van der Waals surface area contributed by atoms with E-state index in [0.717, 1.165) is 50.9 Å². The maximum Gasteiger partial charge on any atom is 0.163 e. The predicted molar refractivity (Wildman–Crippen MR) is 236 cm³/mol. The molecule has 5 heteroatoms. The molecule has 0 fully saturated rings. The lowest BCUT2D eigenvalue weighted by atomic mass is 10.0. The standard InChI is InChI=1S/C52H35N5/c1-5-17-36(18-6-1)52-53-50(55(39-19-7-2-8-20-39)40-21-9-3-10-22-40)35-51(54-52)57-47-28-16-14-26-43(47)45-34-38(30-32-49(45)57)37-29-31-48-44(33-37)42-25-13-15-27-46(42)56(48)41-23-11-4-12-24-41/h1-35H. The van der Waals surface area contributed by atoms with Crippen molar-refractivity contribution in [3.8, 4) is 34.0 Å². The topological polar surface area (TPSA) is 38.9 Å². The Kier molecular flexibility index (Phi) is 7.74. The van der Waals surface area contributed by atoms with Crippen molar-refractivity contribution in [1.82, 2.24) is 19.1 Å². The van der Waals surface area contributed by atoms with Crippen molar-refractivity contribution in [1.29, 1.82) is 0 Å². The molecule has 3 aromatic heterocycles. The van der Waals surface area contributed by atoms with Crippen molar-refractivity contribution < 1.29 is 0 Å². The average molecular weight is 730 g/mol. The average Bonchev–Trinajstić information content (AvgIpc) is 3.80. The zero-order chi connectivity index (χ0) is 37.7. The Bertz CT molecular complexity index is 3180. The van der Waals surface area contributed by atoms with Crippen molar-refractivity contribution in [3.05, 3.63) is 212 Å². The fraction of sp³-hybridized carbons (Fsp3) is 0. The van der Waals surface area contributed by atoms with E-state index < -0.39 is 0 Å². The van der Waals surface area contributed by atoms with E-state index in [9.17, 15) is 0 Å². The van der Waals surface area contributed by atoms with Crippen LogP contribution >= 0.6 is 0 Å². The molecule has 0 atom stereocenters. The van der Waals surface area contributed by atoms with E-state index in [1.807, 2.05) is 30.3 Å². The molecule has 11 rings (SSSR count). The molecule has 5 nitrogen and oxygen atoms in total. The van der Waals surface area contributed by atoms with E-state index >= 15 is 0 Å². The molecule has 0 aliphatic heterocycles. The maximum atomic E-state index is 5.31. The Morgan fingerprint density at radius 2 is 0.789 bits per heavy atom. The van der Waals surface area contributed by atoms with Crippen LogP contribution in [0.2, 0.25) is 0 Å². The molecule has 11 aromatic rings. The molecule has 0 unspecified atom stereocenters. The quantitative estimate of drug-likeness (QED) is 0.164. The first-order chi connectivity index (χ1) is 28.3. The number of fused-ring (bicyclic) bond motifs is 6. The van der Waals surface area contributed by atoms with Gasteiger partial charge in [-0.15, -0.1) is 0 Å². The highest BCUT2D eigenvalue weighted by atomic mass is 15.2. The number of rotatable bonds is 7. The summed E-state index contributed by atoms with van der Waals surface area (Å²) in [7, 11) is 0. The van der Waals surface area contributed by atoms with Gasteiger partial charge < -0.3 is 4.57 Å². The van der Waals surface area contributed by atoms with Crippen LogP contribution in [0.4, 0.5) is 17.2 Å². The summed E-state index contributed by atoms with van der Waals surface area (Å²) < 4.78 is 4.65. The minimum absolute atomic E-state index is 0.658. The van der Waals surface area contributed by atoms with E-state index in [1.165, 1.54) is 38.1 Å². The molecule has 0 bridgehead atoms. The molecule has 0 saturated heterocycles. The van der Waals surface area contributed by atoms with E-state index in [-0.39, 0.29) is 0 Å². The highest BCUT2D eigenvalue weighted by Gasteiger charge is 2.21. The van der Waals surface area contributed by atoms with E-state index in [1.54, 1.807) is 0 Å². The second-order valence-corrected chi connectivity index (χ2v) is 14.3. The fourth-order valence-electron chi connectivity index (χ4n) is 8.34. The minimum atomic E-state index is 0.658. The molecule has 57 heavy (non-hydrogen) atoms. The van der Waals surface area contributed by atoms with Crippen LogP contribution in [0.25, 0.3) is 77.6 Å². The van der Waals surface area contributed by atoms with Crippen LogP contribution in [0, 0.1) is 0 Å². The molecule has 0 amide bonds. The van der Waals surface area contributed by atoms with Crippen molar-refractivity contribution in [2.24, 2.45) is 0 Å². The molecule has 268 valence electrons. The summed E-state index contributed by atoms with van der Waals surface area (Å²) in [5.41, 5.74) is 11.0. The third-order valence-electron chi connectivity index (χ3n) is 10.9. The number of hydrogen-bond donors (Lipinski definition) is 0. The fourth-order valence-corrected chi connectivity index (χ4v) is 8.34. The lowest BCUT2D eigenvalue weighted by Gasteiger charge is -2.25. The van der Waals surface area contributed by atoms with Crippen LogP contribution in [-0.2, 0) is 0 Å². The van der Waals surface area contributed by atoms with Crippen LogP contribution < -0.4 is 4.90 Å². The van der Waals surface area contributed by atoms with Gasteiger partial charge in [-0.25, -0.2) is 9.97 Å². The number of para-hydroxylation sites is 5. The Morgan fingerprint density at radius 3 is 1.37 bits per heavy atom. The van der Waals surface area contributed by atoms with Crippen molar-refractivity contribution in [3.63, 3.8) is 0 Å². The Labute approximate surface area is 330 Å². The van der Waals surface area contributed by atoms with Gasteiger partial charge in [0.1, 0.15) is 11.6 Å². The minimum Gasteiger partial charge on any atom is -0.309 e. The maximum absolute atomic E-state index is 5.31. The van der Waals surface area contributed by atoms with Crippen LogP contribution in [0.5, 0.6) is 0 Å². The number of hydrogen-bond acceptors (Lipinski definition) is 3. The summed E-state index contributed by atoms with van der Waals surface area (Å²) in [6, 6.07) is 74.8. The van der Waals surface area contributed by atoms with Gasteiger partial charge in [-0.1, -0.05) is 133 Å². The summed E-state index contributed by atoms with van der Waals surface area (Å²) in [4.78, 5) is 12.8. The third kappa shape index (κ3) is 5.56. The molecule has 0 spiro atoms. The van der Waals surface area contributed by atoms with E-state index in [4.69, 9.17) is 9.97 Å². The Balaban J connectivity index is 1.11. The Morgan fingerprint density at radius 1 is 0.333 bits per heavy atom. The summed E-state index contributed by atoms with van der Waals surface area (Å²) in [5, 5.41) is 4.81. The van der Waals surface area contributed by atoms with Crippen molar-refractivity contribution in [2.75, 3.05) is 4.90 Å². The van der Waals surface area contributed by atoms with Gasteiger partial charge in [0.05, 0.1) is 22.1 Å². The highest BCUT2D eigenvalue weighted by Crippen LogP contribution is 2.40. The molecule has 8 aromatic carbocycles. The monoisotopic (exact) mass is 729 g/mol. The molecule has 0 aliphatic carbocycles. The zero-order valence-electron chi connectivity index (χ0n) is 30.9. The van der Waals surface area contributed by atoms with Gasteiger partial charge in [0.15, 0.2) is 5.82 Å². The van der Waals surface area contributed by atoms with Gasteiger partial charge in [0.25, 0.3) is 0 Å². The lowest BCUT2D eigenvalue weighted by molar-refractivity contribution is 1.03. The van der Waals surface area contributed by atoms with Gasteiger partial charge in [-0.3, -0.25) is 9.47 Å². The van der Waals surface area contributed by atoms with Crippen LogP contribution in [0.1, 0.15) is 0 Å². The van der Waals surface area contributed by atoms with Gasteiger partial charge in [0.2, 0.25) is 0 Å². The van der Waals surface area contributed by atoms with Gasteiger partial charge >= 0.3 is 0 Å². The number of anilines is 3. The molecule has 0 saturated carbocycles. The molecule has 0 aliphatic rings. The smallest absolute Gasteiger partial charge is 0.163 e. The first-order valence-corrected chi connectivity index (χ1v) is 19.3.